The van der Waals surface area contributed by atoms with Gasteiger partial charge in [-0.2, -0.15) is 13.2 Å². The molecule has 1 amide bonds. The Morgan fingerprint density at radius 2 is 1.71 bits per heavy atom. The summed E-state index contributed by atoms with van der Waals surface area (Å²) in [5, 5.41) is 10.3. The van der Waals surface area contributed by atoms with Crippen molar-refractivity contribution < 1.29 is 18.0 Å². The first-order valence-electron chi connectivity index (χ1n) is 8.38. The molecule has 5 nitrogen and oxygen atoms in total. The Morgan fingerprint density at radius 3 is 2.39 bits per heavy atom. The minimum Gasteiger partial charge on any atom is -0.325 e. The van der Waals surface area contributed by atoms with E-state index in [2.05, 4.69) is 15.5 Å². The number of hydrogen-bond acceptors (Lipinski definition) is 4. The lowest BCUT2D eigenvalue weighted by Crippen LogP contribution is -2.24. The zero-order valence-electron chi connectivity index (χ0n) is 15.1. The Morgan fingerprint density at radius 1 is 1.07 bits per heavy atom. The van der Waals surface area contributed by atoms with Crippen LogP contribution in [0.25, 0.3) is 5.69 Å². The zero-order chi connectivity index (χ0) is 20.3. The minimum atomic E-state index is -4.55. The molecule has 0 aliphatic rings. The number of thioether (sulfide) groups is 1. The molecule has 2 aromatic carbocycles. The lowest BCUT2D eigenvalue weighted by atomic mass is 10.1. The van der Waals surface area contributed by atoms with Crippen LogP contribution in [0.1, 0.15) is 18.3 Å². The summed E-state index contributed by atoms with van der Waals surface area (Å²) in [6.45, 7) is 3.39. The smallest absolute Gasteiger partial charge is 0.325 e. The predicted octanol–water partition coefficient (Wildman–Crippen LogP) is 4.71. The van der Waals surface area contributed by atoms with Gasteiger partial charge in [-0.1, -0.05) is 42.1 Å². The highest BCUT2D eigenvalue weighted by Crippen LogP contribution is 2.35. The maximum atomic E-state index is 13.1. The average Bonchev–Trinajstić information content (AvgIpc) is 3.02. The van der Waals surface area contributed by atoms with Crippen molar-refractivity contribution in [3.8, 4) is 5.69 Å². The molecule has 0 aliphatic heterocycles. The van der Waals surface area contributed by atoms with Crippen LogP contribution in [-0.2, 0) is 11.0 Å². The Bertz CT molecular complexity index is 973. The van der Waals surface area contributed by atoms with Crippen LogP contribution < -0.4 is 5.32 Å². The number of hydrogen-bond donors (Lipinski definition) is 1. The van der Waals surface area contributed by atoms with Crippen LogP contribution in [-0.4, -0.2) is 25.9 Å². The minimum absolute atomic E-state index is 0.270. The summed E-state index contributed by atoms with van der Waals surface area (Å²) in [5.74, 6) is 0.0886. The first-order valence-corrected chi connectivity index (χ1v) is 9.26. The largest absolute Gasteiger partial charge is 0.418 e. The van der Waals surface area contributed by atoms with Crippen molar-refractivity contribution in [2.75, 3.05) is 5.32 Å². The van der Waals surface area contributed by atoms with Crippen LogP contribution in [0.15, 0.2) is 59.8 Å². The number of aromatic nitrogens is 3. The molecule has 146 valence electrons. The molecule has 0 bridgehead atoms. The van der Waals surface area contributed by atoms with E-state index in [0.717, 1.165) is 23.5 Å². The topological polar surface area (TPSA) is 59.8 Å². The van der Waals surface area contributed by atoms with Gasteiger partial charge in [0.2, 0.25) is 5.91 Å². The number of para-hydroxylation sites is 2. The molecule has 3 aromatic rings. The van der Waals surface area contributed by atoms with E-state index in [1.807, 2.05) is 30.3 Å². The van der Waals surface area contributed by atoms with E-state index in [9.17, 15) is 18.0 Å². The molecule has 1 aromatic heterocycles. The van der Waals surface area contributed by atoms with Gasteiger partial charge in [-0.15, -0.1) is 10.2 Å². The second-order valence-electron chi connectivity index (χ2n) is 5.99. The number of amides is 1. The van der Waals surface area contributed by atoms with Crippen molar-refractivity contribution in [3.63, 3.8) is 0 Å². The molecule has 0 aliphatic carbocycles. The third-order valence-corrected chi connectivity index (χ3v) is 4.99. The van der Waals surface area contributed by atoms with Gasteiger partial charge < -0.3 is 5.32 Å². The van der Waals surface area contributed by atoms with E-state index in [1.54, 1.807) is 18.4 Å². The summed E-state index contributed by atoms with van der Waals surface area (Å²) in [4.78, 5) is 12.5. The highest BCUT2D eigenvalue weighted by molar-refractivity contribution is 8.00. The molecular weight excluding hydrogens is 389 g/mol. The van der Waals surface area contributed by atoms with E-state index in [-0.39, 0.29) is 5.69 Å². The number of nitrogens with zero attached hydrogens (tertiary/aromatic N) is 3. The Kier molecular flexibility index (Phi) is 5.73. The number of rotatable bonds is 5. The van der Waals surface area contributed by atoms with Crippen LogP contribution in [0.2, 0.25) is 0 Å². The fourth-order valence-electron chi connectivity index (χ4n) is 2.58. The van der Waals surface area contributed by atoms with E-state index in [1.165, 1.54) is 18.2 Å². The van der Waals surface area contributed by atoms with Gasteiger partial charge in [0.15, 0.2) is 5.16 Å². The van der Waals surface area contributed by atoms with Gasteiger partial charge in [-0.3, -0.25) is 9.36 Å². The quantitative estimate of drug-likeness (QED) is 0.623. The first-order chi connectivity index (χ1) is 13.3. The van der Waals surface area contributed by atoms with Crippen LogP contribution in [0.5, 0.6) is 0 Å². The van der Waals surface area contributed by atoms with E-state index in [4.69, 9.17) is 0 Å². The lowest BCUT2D eigenvalue weighted by Gasteiger charge is -2.16. The number of anilines is 1. The van der Waals surface area contributed by atoms with Gasteiger partial charge in [0.1, 0.15) is 5.82 Å². The molecule has 3 rings (SSSR count). The molecule has 0 saturated carbocycles. The second kappa shape index (κ2) is 8.05. The molecule has 9 heteroatoms. The van der Waals surface area contributed by atoms with Gasteiger partial charge in [0.25, 0.3) is 0 Å². The number of aryl methyl sites for hydroxylation is 1. The summed E-state index contributed by atoms with van der Waals surface area (Å²) in [6, 6.07) is 14.3. The van der Waals surface area contributed by atoms with Crippen molar-refractivity contribution in [1.29, 1.82) is 0 Å². The molecule has 1 atom stereocenters. The number of nitrogens with one attached hydrogen (secondary N) is 1. The summed E-state index contributed by atoms with van der Waals surface area (Å²) in [5.41, 5.74) is -0.320. The molecule has 0 radical (unpaired) electrons. The third kappa shape index (κ3) is 4.36. The highest BCUT2D eigenvalue weighted by atomic mass is 32.2. The number of alkyl halides is 3. The Labute approximate surface area is 164 Å². The molecule has 0 saturated heterocycles. The van der Waals surface area contributed by atoms with Gasteiger partial charge >= 0.3 is 6.18 Å². The molecule has 0 unspecified atom stereocenters. The summed E-state index contributed by atoms with van der Waals surface area (Å²) in [7, 11) is 0. The van der Waals surface area contributed by atoms with Gasteiger partial charge in [0, 0.05) is 5.69 Å². The van der Waals surface area contributed by atoms with E-state index < -0.39 is 22.9 Å². The lowest BCUT2D eigenvalue weighted by molar-refractivity contribution is -0.137. The van der Waals surface area contributed by atoms with E-state index >= 15 is 0 Å². The number of carbonyl (C=O) groups excluding carboxylic acids is 1. The number of carbonyl (C=O) groups is 1. The van der Waals surface area contributed by atoms with Crippen molar-refractivity contribution >= 4 is 23.4 Å². The van der Waals surface area contributed by atoms with Crippen LogP contribution in [0.3, 0.4) is 0 Å². The summed E-state index contributed by atoms with van der Waals surface area (Å²) in [6.07, 6.45) is -4.55. The van der Waals surface area contributed by atoms with Crippen molar-refractivity contribution in [3.05, 3.63) is 66.0 Å². The second-order valence-corrected chi connectivity index (χ2v) is 7.30. The van der Waals surface area contributed by atoms with Gasteiger partial charge in [0.05, 0.1) is 16.5 Å². The molecule has 1 heterocycles. The Hall–Kier alpha value is -2.81. The molecule has 0 fully saturated rings. The maximum absolute atomic E-state index is 13.1. The fraction of sp³-hybridized carbons (Fsp3) is 0.211. The predicted molar refractivity (Wildman–Crippen MR) is 101 cm³/mol. The molecule has 28 heavy (non-hydrogen) atoms. The van der Waals surface area contributed by atoms with Crippen molar-refractivity contribution in [2.45, 2.75) is 30.4 Å². The highest BCUT2D eigenvalue weighted by Gasteiger charge is 2.34. The van der Waals surface area contributed by atoms with E-state index in [0.29, 0.717) is 11.0 Å². The first kappa shape index (κ1) is 19.9. The van der Waals surface area contributed by atoms with Crippen LogP contribution >= 0.6 is 11.8 Å². The zero-order valence-corrected chi connectivity index (χ0v) is 15.9. The normalized spacial score (nSPS) is 12.6. The summed E-state index contributed by atoms with van der Waals surface area (Å²) >= 11 is 1.12. The van der Waals surface area contributed by atoms with Crippen LogP contribution in [0.4, 0.5) is 18.9 Å². The van der Waals surface area contributed by atoms with Crippen LogP contribution in [0, 0.1) is 6.92 Å². The standard InChI is InChI=1S/C19H17F3N4OS/c1-12(17(27)23-16-11-7-6-10-15(16)19(20,21)22)28-18-25-24-13(2)26(18)14-8-4-3-5-9-14/h3-12H,1-2H3,(H,23,27)/t12-/m1/s1. The maximum Gasteiger partial charge on any atom is 0.418 e. The molecular formula is C19H17F3N4OS. The number of halogens is 3. The van der Waals surface area contributed by atoms with Gasteiger partial charge in [-0.25, -0.2) is 0 Å². The average molecular weight is 406 g/mol. The molecule has 0 spiro atoms. The van der Waals surface area contributed by atoms with Gasteiger partial charge in [-0.05, 0) is 38.1 Å². The number of benzene rings is 2. The Balaban J connectivity index is 1.79. The molecule has 1 N–H and O–H groups in total. The van der Waals surface area contributed by atoms with Crippen molar-refractivity contribution in [1.82, 2.24) is 14.8 Å². The van der Waals surface area contributed by atoms with Crippen molar-refractivity contribution in [2.24, 2.45) is 0 Å². The monoisotopic (exact) mass is 406 g/mol. The third-order valence-electron chi connectivity index (χ3n) is 3.95. The SMILES string of the molecule is Cc1nnc(S[C@H](C)C(=O)Nc2ccccc2C(F)(F)F)n1-c1ccccc1. The fourth-order valence-corrected chi connectivity index (χ4v) is 3.49. The summed E-state index contributed by atoms with van der Waals surface area (Å²) < 4.78 is 41.1.